The van der Waals surface area contributed by atoms with Crippen molar-refractivity contribution >= 4 is 65.4 Å². The van der Waals surface area contributed by atoms with Crippen molar-refractivity contribution in [3.63, 3.8) is 0 Å². The Bertz CT molecular complexity index is 2050. The largest absolute Gasteiger partial charge is 0.277 e. The van der Waals surface area contributed by atoms with Gasteiger partial charge in [0.15, 0.2) is 5.65 Å². The Labute approximate surface area is 223 Å². The van der Waals surface area contributed by atoms with Crippen molar-refractivity contribution in [3.8, 4) is 0 Å². The van der Waals surface area contributed by atoms with Gasteiger partial charge >= 0.3 is 0 Å². The fraction of sp³-hybridized carbons (Fsp3) is 0.0606. The number of para-hydroxylation sites is 1. The smallest absolute Gasteiger partial charge is 0.166 e. The summed E-state index contributed by atoms with van der Waals surface area (Å²) < 4.78 is 3.41. The van der Waals surface area contributed by atoms with Crippen LogP contribution < -0.4 is 0 Å². The molecule has 0 aliphatic carbocycles. The van der Waals surface area contributed by atoms with Crippen LogP contribution in [0.5, 0.6) is 0 Å². The van der Waals surface area contributed by atoms with Crippen LogP contribution in [0, 0.1) is 0 Å². The zero-order chi connectivity index (χ0) is 25.1. The molecule has 0 saturated carbocycles. The summed E-state index contributed by atoms with van der Waals surface area (Å²) in [5.41, 5.74) is 7.30. The van der Waals surface area contributed by atoms with Gasteiger partial charge in [-0.2, -0.15) is 0 Å². The van der Waals surface area contributed by atoms with Crippen LogP contribution >= 0.6 is 11.3 Å². The number of thiophene rings is 1. The highest BCUT2D eigenvalue weighted by Crippen LogP contribution is 2.39. The molecule has 4 nitrogen and oxygen atoms in total. The molecule has 1 atom stereocenters. The number of aromatic nitrogens is 3. The van der Waals surface area contributed by atoms with Gasteiger partial charge in [-0.25, -0.2) is 15.0 Å². The van der Waals surface area contributed by atoms with Gasteiger partial charge in [-0.15, -0.1) is 11.3 Å². The van der Waals surface area contributed by atoms with E-state index >= 15 is 0 Å². The lowest BCUT2D eigenvalue weighted by atomic mass is 9.89. The molecule has 0 fully saturated rings. The van der Waals surface area contributed by atoms with Crippen molar-refractivity contribution in [2.45, 2.75) is 12.3 Å². The Morgan fingerprint density at radius 1 is 0.684 bits per heavy atom. The van der Waals surface area contributed by atoms with Crippen molar-refractivity contribution in [1.29, 1.82) is 0 Å². The minimum atomic E-state index is 0.203. The van der Waals surface area contributed by atoms with Crippen LogP contribution in [0.15, 0.2) is 120 Å². The van der Waals surface area contributed by atoms with Crippen molar-refractivity contribution in [2.24, 2.45) is 4.99 Å². The van der Waals surface area contributed by atoms with Gasteiger partial charge in [0.25, 0.3) is 0 Å². The van der Waals surface area contributed by atoms with E-state index in [1.54, 1.807) is 11.3 Å². The Hall–Kier alpha value is -4.61. The molecule has 0 spiro atoms. The number of rotatable bonds is 3. The van der Waals surface area contributed by atoms with Crippen molar-refractivity contribution in [2.75, 3.05) is 0 Å². The van der Waals surface area contributed by atoms with Gasteiger partial charge in [-0.05, 0) is 29.3 Å². The molecular formula is C33H22N4S. The van der Waals surface area contributed by atoms with E-state index < -0.39 is 0 Å². The normalized spacial score (nSPS) is 15.8. The first kappa shape index (κ1) is 21.5. The molecule has 0 amide bonds. The zero-order valence-corrected chi connectivity index (χ0v) is 21.3. The second kappa shape index (κ2) is 8.47. The lowest BCUT2D eigenvalue weighted by Gasteiger charge is -2.23. The first-order valence-corrected chi connectivity index (χ1v) is 13.6. The Balaban J connectivity index is 1.44. The molecule has 8 rings (SSSR count). The van der Waals surface area contributed by atoms with Gasteiger partial charge in [-0.1, -0.05) is 97.1 Å². The Kier molecular flexibility index (Phi) is 4.79. The van der Waals surface area contributed by atoms with Gasteiger partial charge in [0.1, 0.15) is 21.7 Å². The highest BCUT2D eigenvalue weighted by molar-refractivity contribution is 7.25. The van der Waals surface area contributed by atoms with E-state index in [2.05, 4.69) is 120 Å². The van der Waals surface area contributed by atoms with Gasteiger partial charge < -0.3 is 0 Å². The van der Waals surface area contributed by atoms with Crippen LogP contribution in [0.25, 0.3) is 48.3 Å². The molecule has 38 heavy (non-hydrogen) atoms. The molecule has 4 heterocycles. The summed E-state index contributed by atoms with van der Waals surface area (Å²) in [5.74, 6) is 1.09. The summed E-state index contributed by atoms with van der Waals surface area (Å²) in [5, 5.41) is 2.24. The first-order valence-electron chi connectivity index (χ1n) is 12.8. The number of allylic oxidation sites excluding steroid dienone is 1. The van der Waals surface area contributed by atoms with Crippen LogP contribution in [0.1, 0.15) is 23.5 Å². The number of fused-ring (bicyclic) bond motifs is 6. The van der Waals surface area contributed by atoms with E-state index in [9.17, 15) is 0 Å². The Morgan fingerprint density at radius 3 is 2.24 bits per heavy atom. The predicted octanol–water partition coefficient (Wildman–Crippen LogP) is 8.43. The van der Waals surface area contributed by atoms with E-state index in [0.717, 1.165) is 61.3 Å². The summed E-state index contributed by atoms with van der Waals surface area (Å²) >= 11 is 1.70. The molecule has 1 unspecified atom stereocenters. The molecule has 0 N–H and O–H groups in total. The molecule has 7 aromatic rings. The first-order chi connectivity index (χ1) is 18.8. The summed E-state index contributed by atoms with van der Waals surface area (Å²) in [6, 6.07) is 38.1. The third kappa shape index (κ3) is 3.32. The molecule has 1 aliphatic rings. The van der Waals surface area contributed by atoms with Crippen molar-refractivity contribution in [1.82, 2.24) is 14.5 Å². The predicted molar refractivity (Wildman–Crippen MR) is 159 cm³/mol. The summed E-state index contributed by atoms with van der Waals surface area (Å²) in [6.07, 6.45) is 3.14. The van der Waals surface area contributed by atoms with Crippen LogP contribution in [0.3, 0.4) is 0 Å². The van der Waals surface area contributed by atoms with Crippen molar-refractivity contribution in [3.05, 3.63) is 126 Å². The van der Waals surface area contributed by atoms with Crippen molar-refractivity contribution < 1.29 is 0 Å². The summed E-state index contributed by atoms with van der Waals surface area (Å²) in [6.45, 7) is 0. The molecule has 3 aromatic heterocycles. The van der Waals surface area contributed by atoms with E-state index in [4.69, 9.17) is 15.0 Å². The minimum Gasteiger partial charge on any atom is -0.277 e. The fourth-order valence-corrected chi connectivity index (χ4v) is 6.60. The molecule has 0 radical (unpaired) electrons. The second-order valence-corrected chi connectivity index (χ2v) is 10.7. The summed E-state index contributed by atoms with van der Waals surface area (Å²) in [7, 11) is 0. The lowest BCUT2D eigenvalue weighted by molar-refractivity contribution is 0.866. The average molecular weight is 507 g/mol. The molecule has 1 aliphatic heterocycles. The maximum atomic E-state index is 5.28. The Morgan fingerprint density at radius 2 is 1.39 bits per heavy atom. The highest BCUT2D eigenvalue weighted by atomic mass is 32.1. The maximum absolute atomic E-state index is 5.28. The van der Waals surface area contributed by atoms with Crippen LogP contribution in [-0.2, 0) is 0 Å². The number of aliphatic imine (C=N–C) groups is 1. The van der Waals surface area contributed by atoms with Crippen LogP contribution in [0.4, 0.5) is 0 Å². The number of nitrogens with zero attached hydrogens (tertiary/aromatic N) is 4. The highest BCUT2D eigenvalue weighted by Gasteiger charge is 2.24. The molecular weight excluding hydrogens is 484 g/mol. The third-order valence-electron chi connectivity index (χ3n) is 7.38. The molecule has 4 aromatic carbocycles. The quantitative estimate of drug-likeness (QED) is 0.241. The SMILES string of the molecule is C1=C(n2c3ccccc3c3nc4sc5ccccc5c4nc32)N=C(c2ccccc2)CC1c1ccccc1. The minimum absolute atomic E-state index is 0.203. The standard InChI is InChI=1S/C33H22N4S/c1-3-11-21(12-4-1)23-19-26(22-13-5-2-6-14-22)34-29(20-23)37-27-17-9-7-15-24(27)30-32(37)35-31-25-16-8-10-18-28(25)38-33(31)36-30/h1-18,20,23H,19H2. The van der Waals surface area contributed by atoms with E-state index in [1.807, 2.05) is 0 Å². The van der Waals surface area contributed by atoms with E-state index in [-0.39, 0.29) is 5.92 Å². The molecule has 0 bridgehead atoms. The fourth-order valence-electron chi connectivity index (χ4n) is 5.58. The number of hydrogen-bond donors (Lipinski definition) is 0. The van der Waals surface area contributed by atoms with Gasteiger partial charge in [0.2, 0.25) is 0 Å². The number of benzene rings is 4. The van der Waals surface area contributed by atoms with E-state index in [0.29, 0.717) is 0 Å². The van der Waals surface area contributed by atoms with Crippen LogP contribution in [0.2, 0.25) is 0 Å². The van der Waals surface area contributed by atoms with Crippen LogP contribution in [-0.4, -0.2) is 20.2 Å². The molecule has 5 heteroatoms. The third-order valence-corrected chi connectivity index (χ3v) is 8.44. The van der Waals surface area contributed by atoms with E-state index in [1.165, 1.54) is 10.3 Å². The monoisotopic (exact) mass is 506 g/mol. The summed E-state index contributed by atoms with van der Waals surface area (Å²) in [4.78, 5) is 16.7. The topological polar surface area (TPSA) is 43.1 Å². The number of hydrogen-bond acceptors (Lipinski definition) is 4. The lowest BCUT2D eigenvalue weighted by Crippen LogP contribution is -2.14. The van der Waals surface area contributed by atoms with Gasteiger partial charge in [0, 0.05) is 27.8 Å². The van der Waals surface area contributed by atoms with Gasteiger partial charge in [-0.3, -0.25) is 4.57 Å². The second-order valence-electron chi connectivity index (χ2n) is 9.67. The average Bonchev–Trinajstić information content (AvgIpc) is 3.51. The molecule has 0 saturated heterocycles. The maximum Gasteiger partial charge on any atom is 0.166 e. The molecule has 180 valence electrons. The zero-order valence-electron chi connectivity index (χ0n) is 20.5. The van der Waals surface area contributed by atoms with Gasteiger partial charge in [0.05, 0.1) is 11.2 Å².